The third-order valence-corrected chi connectivity index (χ3v) is 3.96. The van der Waals surface area contributed by atoms with Gasteiger partial charge in [0.1, 0.15) is 6.29 Å². The summed E-state index contributed by atoms with van der Waals surface area (Å²) in [7, 11) is 0. The largest absolute Gasteiger partial charge is 0.850 e. The second kappa shape index (κ2) is 10.4. The second-order valence-electron chi connectivity index (χ2n) is 5.71. The highest BCUT2D eigenvalue weighted by Gasteiger charge is 2.35. The van der Waals surface area contributed by atoms with Crippen LogP contribution in [-0.2, 0) is 14.4 Å². The van der Waals surface area contributed by atoms with Crippen molar-refractivity contribution < 1.29 is 39.9 Å². The number of nitrogens with one attached hydrogen (secondary N) is 3. The van der Waals surface area contributed by atoms with Crippen LogP contribution < -0.4 is 41.5 Å². The molecule has 6 atom stereocenters. The zero-order valence-corrected chi connectivity index (χ0v) is 13.3. The zero-order chi connectivity index (χ0) is 19.0. The van der Waals surface area contributed by atoms with E-state index in [4.69, 9.17) is 0 Å². The normalized spacial score (nSPS) is 32.3. The summed E-state index contributed by atoms with van der Waals surface area (Å²) >= 11 is 0. The smallest absolute Gasteiger partial charge is 0.121 e. The zero-order valence-electron chi connectivity index (χ0n) is 13.3. The molecule has 0 spiro atoms. The van der Waals surface area contributed by atoms with Crippen LogP contribution in [0.2, 0.25) is 0 Å². The third-order valence-electron chi connectivity index (χ3n) is 3.96. The molecular formula is C14H20N3O8-5. The molecule has 0 heterocycles. The number of carboxylic acids is 2. The first kappa shape index (κ1) is 21.4. The van der Waals surface area contributed by atoms with Gasteiger partial charge in [-0.2, -0.15) is 0 Å². The fourth-order valence-corrected chi connectivity index (χ4v) is 2.78. The molecule has 0 aromatic rings. The highest BCUT2D eigenvalue weighted by Crippen LogP contribution is 2.17. The molecule has 144 valence electrons. The lowest BCUT2D eigenvalue weighted by Gasteiger charge is -2.61. The van der Waals surface area contributed by atoms with Crippen molar-refractivity contribution in [3.05, 3.63) is 0 Å². The summed E-state index contributed by atoms with van der Waals surface area (Å²) in [6.45, 7) is -0.894. The molecule has 0 saturated heterocycles. The van der Waals surface area contributed by atoms with E-state index in [1.807, 2.05) is 0 Å². The lowest BCUT2D eigenvalue weighted by Crippen LogP contribution is -2.82. The van der Waals surface area contributed by atoms with E-state index in [-0.39, 0.29) is 19.5 Å². The summed E-state index contributed by atoms with van der Waals surface area (Å²) in [6, 6.07) is -3.94. The fourth-order valence-electron chi connectivity index (χ4n) is 2.78. The molecule has 1 fully saturated rings. The van der Waals surface area contributed by atoms with Crippen molar-refractivity contribution in [3.63, 3.8) is 0 Å². The molecule has 11 heteroatoms. The molecule has 0 aromatic carbocycles. The maximum Gasteiger partial charge on any atom is 0.121 e. The predicted octanol–water partition coefficient (Wildman–Crippen LogP) is -8.46. The van der Waals surface area contributed by atoms with Gasteiger partial charge in [-0.1, -0.05) is 18.3 Å². The van der Waals surface area contributed by atoms with Gasteiger partial charge in [0.05, 0.1) is 5.97 Å². The summed E-state index contributed by atoms with van der Waals surface area (Å²) in [5.74, 6) is -2.89. The summed E-state index contributed by atoms with van der Waals surface area (Å²) < 4.78 is 0. The minimum atomic E-state index is -1.78. The average Bonchev–Trinajstić information content (AvgIpc) is 2.53. The van der Waals surface area contributed by atoms with Crippen molar-refractivity contribution in [1.29, 1.82) is 0 Å². The molecule has 0 unspecified atom stereocenters. The number of aliphatic carboxylic acids is 2. The lowest BCUT2D eigenvalue weighted by atomic mass is 9.79. The molecule has 11 nitrogen and oxygen atoms in total. The minimum Gasteiger partial charge on any atom is -0.850 e. The molecule has 0 bridgehead atoms. The molecule has 0 radical (unpaired) electrons. The van der Waals surface area contributed by atoms with E-state index in [9.17, 15) is 39.9 Å². The van der Waals surface area contributed by atoms with Gasteiger partial charge in [0.25, 0.3) is 0 Å². The van der Waals surface area contributed by atoms with E-state index in [2.05, 4.69) is 16.0 Å². The van der Waals surface area contributed by atoms with E-state index in [0.29, 0.717) is 6.29 Å². The molecule has 0 amide bonds. The van der Waals surface area contributed by atoms with Crippen molar-refractivity contribution in [2.24, 2.45) is 0 Å². The SMILES string of the molecule is O=CCCN[C@@H]1[C@H]([O-])[C@H](NCCC(=O)[O-])[C@H]([O-])[C@H](NCC(=O)[O-])[C@@H]1[O-]. The highest BCUT2D eigenvalue weighted by molar-refractivity contribution is 5.66. The first-order valence-corrected chi connectivity index (χ1v) is 7.80. The fraction of sp³-hybridized carbons (Fsp3) is 0.786. The highest BCUT2D eigenvalue weighted by atomic mass is 16.4. The van der Waals surface area contributed by atoms with Crippen LogP contribution in [0.15, 0.2) is 0 Å². The van der Waals surface area contributed by atoms with Crippen molar-refractivity contribution in [2.75, 3.05) is 19.6 Å². The van der Waals surface area contributed by atoms with Gasteiger partial charge in [0.2, 0.25) is 0 Å². The number of carbonyl (C=O) groups is 3. The third kappa shape index (κ3) is 6.30. The van der Waals surface area contributed by atoms with Crippen LogP contribution in [-0.4, -0.2) is 74.3 Å². The van der Waals surface area contributed by atoms with E-state index >= 15 is 0 Å². The second-order valence-corrected chi connectivity index (χ2v) is 5.71. The van der Waals surface area contributed by atoms with Gasteiger partial charge in [-0.25, -0.2) is 0 Å². The Hall–Kier alpha value is -1.63. The Kier molecular flexibility index (Phi) is 8.89. The Morgan fingerprint density at radius 1 is 0.800 bits per heavy atom. The Morgan fingerprint density at radius 3 is 1.72 bits per heavy atom. The van der Waals surface area contributed by atoms with Gasteiger partial charge in [-0.15, -0.1) is 0 Å². The van der Waals surface area contributed by atoms with Gasteiger partial charge in [0.15, 0.2) is 0 Å². The molecule has 1 saturated carbocycles. The topological polar surface area (TPSA) is 203 Å². The van der Waals surface area contributed by atoms with E-state index in [1.54, 1.807) is 0 Å². The van der Waals surface area contributed by atoms with E-state index < -0.39 is 61.3 Å². The van der Waals surface area contributed by atoms with Crippen molar-refractivity contribution in [1.82, 2.24) is 16.0 Å². The number of hydrogen-bond acceptors (Lipinski definition) is 11. The number of carbonyl (C=O) groups excluding carboxylic acids is 3. The van der Waals surface area contributed by atoms with Crippen LogP contribution >= 0.6 is 0 Å². The Balaban J connectivity index is 2.86. The molecule has 3 N–H and O–H groups in total. The number of aldehydes is 1. The monoisotopic (exact) mass is 358 g/mol. The standard InChI is InChI=1S/C14H22N3O8/c18-5-1-3-15-9-12(23)10(16-4-2-7(19)20)14(25)11(13(9)24)17-6-8(21)22/h5,9-17H,1-4,6H2,(H,19,20)(H,21,22)/q-3/p-2/t9-,10+,11-,12+,13-,14+/m1/s1. The molecule has 1 aliphatic carbocycles. The Labute approximate surface area is 144 Å². The lowest BCUT2D eigenvalue weighted by molar-refractivity contribution is -0.535. The number of rotatable bonds is 11. The van der Waals surface area contributed by atoms with Crippen LogP contribution in [0.5, 0.6) is 0 Å². The minimum absolute atomic E-state index is 0.0497. The Morgan fingerprint density at radius 2 is 1.28 bits per heavy atom. The molecular weight excluding hydrogens is 338 g/mol. The molecule has 0 aromatic heterocycles. The molecule has 25 heavy (non-hydrogen) atoms. The molecule has 0 aliphatic heterocycles. The molecule has 1 rings (SSSR count). The van der Waals surface area contributed by atoms with Crippen molar-refractivity contribution >= 4 is 18.2 Å². The average molecular weight is 358 g/mol. The van der Waals surface area contributed by atoms with Crippen LogP contribution in [0, 0.1) is 0 Å². The van der Waals surface area contributed by atoms with E-state index in [1.165, 1.54) is 0 Å². The number of hydrogen-bond donors (Lipinski definition) is 3. The summed E-state index contributed by atoms with van der Waals surface area (Å²) in [4.78, 5) is 31.4. The quantitative estimate of drug-likeness (QED) is 0.234. The molecule has 1 aliphatic rings. The van der Waals surface area contributed by atoms with Gasteiger partial charge < -0.3 is 55.9 Å². The van der Waals surface area contributed by atoms with Gasteiger partial charge >= 0.3 is 0 Å². The van der Waals surface area contributed by atoms with Gasteiger partial charge in [0, 0.05) is 32.0 Å². The summed E-state index contributed by atoms with van der Waals surface area (Å²) in [5.41, 5.74) is 0. The van der Waals surface area contributed by atoms with Crippen molar-refractivity contribution in [3.8, 4) is 0 Å². The first-order chi connectivity index (χ1) is 11.8. The van der Waals surface area contributed by atoms with Crippen LogP contribution in [0.1, 0.15) is 12.8 Å². The van der Waals surface area contributed by atoms with Crippen LogP contribution in [0.4, 0.5) is 0 Å². The summed E-state index contributed by atoms with van der Waals surface area (Å²) in [6.07, 6.45) is -5.01. The van der Waals surface area contributed by atoms with Gasteiger partial charge in [-0.05, 0) is 24.5 Å². The summed E-state index contributed by atoms with van der Waals surface area (Å²) in [5, 5.41) is 65.7. The number of carboxylic acid groups (broad SMARTS) is 2. The Bertz CT molecular complexity index is 463. The van der Waals surface area contributed by atoms with Crippen molar-refractivity contribution in [2.45, 2.75) is 49.3 Å². The van der Waals surface area contributed by atoms with Crippen LogP contribution in [0.3, 0.4) is 0 Å². The van der Waals surface area contributed by atoms with Gasteiger partial charge in [-0.3, -0.25) is 0 Å². The van der Waals surface area contributed by atoms with E-state index in [0.717, 1.165) is 0 Å². The first-order valence-electron chi connectivity index (χ1n) is 7.80. The predicted molar refractivity (Wildman–Crippen MR) is 72.0 cm³/mol. The maximum absolute atomic E-state index is 12.5. The maximum atomic E-state index is 12.5. The van der Waals surface area contributed by atoms with Crippen LogP contribution in [0.25, 0.3) is 0 Å².